The van der Waals surface area contributed by atoms with E-state index in [9.17, 15) is 9.59 Å². The fourth-order valence-electron chi connectivity index (χ4n) is 3.83. The largest absolute Gasteiger partial charge is 0.339 e. The zero-order valence-electron chi connectivity index (χ0n) is 18.6. The van der Waals surface area contributed by atoms with Crippen LogP contribution in [0.4, 0.5) is 11.4 Å². The van der Waals surface area contributed by atoms with Gasteiger partial charge in [0.05, 0.1) is 11.3 Å². The minimum Gasteiger partial charge on any atom is -0.339 e. The number of likely N-dealkylation sites (N-methyl/N-ethyl adjacent to an activating group) is 1. The lowest BCUT2D eigenvalue weighted by atomic mass is 9.87. The third-order valence-corrected chi connectivity index (χ3v) is 5.91. The van der Waals surface area contributed by atoms with E-state index >= 15 is 0 Å². The molecule has 0 bridgehead atoms. The molecule has 0 spiro atoms. The molecule has 0 saturated carbocycles. The van der Waals surface area contributed by atoms with Gasteiger partial charge in [-0.2, -0.15) is 0 Å². The van der Waals surface area contributed by atoms with Crippen molar-refractivity contribution in [3.63, 3.8) is 0 Å². The number of amides is 2. The number of nitrogens with zero attached hydrogens (tertiary/aromatic N) is 2. The van der Waals surface area contributed by atoms with Gasteiger partial charge >= 0.3 is 0 Å². The van der Waals surface area contributed by atoms with Gasteiger partial charge in [-0.1, -0.05) is 74.8 Å². The van der Waals surface area contributed by atoms with Gasteiger partial charge in [-0.05, 0) is 52.9 Å². The van der Waals surface area contributed by atoms with Crippen molar-refractivity contribution in [2.75, 3.05) is 16.8 Å². The van der Waals surface area contributed by atoms with Crippen molar-refractivity contribution in [2.45, 2.75) is 26.2 Å². The predicted octanol–water partition coefficient (Wildman–Crippen LogP) is 6.06. The molecule has 3 aromatic carbocycles. The number of benzene rings is 3. The third-order valence-electron chi connectivity index (χ3n) is 5.66. The molecule has 1 aliphatic heterocycles. The molecule has 162 valence electrons. The minimum absolute atomic E-state index is 0.0248. The van der Waals surface area contributed by atoms with Gasteiger partial charge in [0.25, 0.3) is 11.8 Å². The number of imide groups is 1. The maximum atomic E-state index is 13.6. The maximum Gasteiger partial charge on any atom is 0.282 e. The highest BCUT2D eigenvalue weighted by Gasteiger charge is 2.42. The van der Waals surface area contributed by atoms with Gasteiger partial charge in [0, 0.05) is 17.8 Å². The van der Waals surface area contributed by atoms with Crippen molar-refractivity contribution in [3.05, 3.63) is 101 Å². The molecule has 2 amide bonds. The first-order chi connectivity index (χ1) is 15.2. The minimum atomic E-state index is -0.352. The topological polar surface area (TPSA) is 40.6 Å². The van der Waals surface area contributed by atoms with Gasteiger partial charge in [-0.15, -0.1) is 0 Å². The Hall–Kier alpha value is -3.37. The molecule has 0 aromatic heterocycles. The molecular formula is C27H25ClN2O2. The fraction of sp³-hybridized carbons (Fsp3) is 0.185. The summed E-state index contributed by atoms with van der Waals surface area (Å²) >= 11 is 6.07. The first-order valence-electron chi connectivity index (χ1n) is 10.5. The van der Waals surface area contributed by atoms with E-state index in [2.05, 4.69) is 20.8 Å². The number of carbonyl (C=O) groups is 2. The molecule has 4 rings (SSSR count). The summed E-state index contributed by atoms with van der Waals surface area (Å²) in [6, 6.07) is 24.1. The number of rotatable bonds is 4. The highest BCUT2D eigenvalue weighted by atomic mass is 35.5. The fourth-order valence-corrected chi connectivity index (χ4v) is 3.96. The molecule has 0 fully saturated rings. The second-order valence-electron chi connectivity index (χ2n) is 8.87. The van der Waals surface area contributed by atoms with Gasteiger partial charge in [0.15, 0.2) is 0 Å². The monoisotopic (exact) mass is 444 g/mol. The normalized spacial score (nSPS) is 14.3. The molecule has 0 aliphatic carbocycles. The quantitative estimate of drug-likeness (QED) is 0.459. The van der Waals surface area contributed by atoms with Crippen LogP contribution in [-0.2, 0) is 15.0 Å². The summed E-state index contributed by atoms with van der Waals surface area (Å²) in [5, 5.41) is 0.568. The van der Waals surface area contributed by atoms with Gasteiger partial charge < -0.3 is 4.90 Å². The van der Waals surface area contributed by atoms with Crippen LogP contribution in [-0.4, -0.2) is 18.9 Å². The van der Waals surface area contributed by atoms with Gasteiger partial charge in [0.1, 0.15) is 5.70 Å². The Bertz CT molecular complexity index is 1190. The van der Waals surface area contributed by atoms with Crippen LogP contribution < -0.4 is 9.80 Å². The molecule has 0 atom stereocenters. The van der Waals surface area contributed by atoms with E-state index < -0.39 is 0 Å². The molecule has 3 aromatic rings. The van der Waals surface area contributed by atoms with E-state index in [1.165, 1.54) is 4.90 Å². The second-order valence-corrected chi connectivity index (χ2v) is 9.30. The highest BCUT2D eigenvalue weighted by Crippen LogP contribution is 2.37. The summed E-state index contributed by atoms with van der Waals surface area (Å²) in [6.07, 6.45) is 0. The van der Waals surface area contributed by atoms with Crippen molar-refractivity contribution >= 4 is 40.4 Å². The van der Waals surface area contributed by atoms with Crippen LogP contribution in [0.3, 0.4) is 0 Å². The van der Waals surface area contributed by atoms with E-state index in [0.29, 0.717) is 27.5 Å². The summed E-state index contributed by atoms with van der Waals surface area (Å²) in [7, 11) is 1.80. The number of halogens is 1. The lowest BCUT2D eigenvalue weighted by Gasteiger charge is -2.23. The summed E-state index contributed by atoms with van der Waals surface area (Å²) < 4.78 is 0. The molecule has 4 nitrogen and oxygen atoms in total. The van der Waals surface area contributed by atoms with Crippen molar-refractivity contribution < 1.29 is 9.59 Å². The van der Waals surface area contributed by atoms with Crippen LogP contribution in [0.2, 0.25) is 5.02 Å². The highest BCUT2D eigenvalue weighted by molar-refractivity contribution is 6.46. The Balaban J connectivity index is 1.82. The van der Waals surface area contributed by atoms with Crippen molar-refractivity contribution in [2.24, 2.45) is 0 Å². The molecular weight excluding hydrogens is 420 g/mol. The van der Waals surface area contributed by atoms with Gasteiger partial charge in [0.2, 0.25) is 0 Å². The van der Waals surface area contributed by atoms with Crippen LogP contribution in [0.25, 0.3) is 5.57 Å². The average molecular weight is 445 g/mol. The average Bonchev–Trinajstić information content (AvgIpc) is 3.04. The van der Waals surface area contributed by atoms with Gasteiger partial charge in [-0.25, -0.2) is 4.90 Å². The summed E-state index contributed by atoms with van der Waals surface area (Å²) in [5.41, 5.74) is 3.83. The van der Waals surface area contributed by atoms with E-state index in [-0.39, 0.29) is 17.2 Å². The zero-order chi connectivity index (χ0) is 23.0. The molecule has 0 N–H and O–H groups in total. The Morgan fingerprint density at radius 1 is 0.781 bits per heavy atom. The standard InChI is InChI=1S/C27H25ClN2O2/c1-27(2,3)19-12-16-22(17-13-19)30-25(31)23(18-10-14-20(28)15-11-18)24(26(30)32)29(4)21-8-6-5-7-9-21/h5-17H,1-4H3. The molecule has 1 aliphatic rings. The van der Waals surface area contributed by atoms with Crippen LogP contribution in [0.15, 0.2) is 84.6 Å². The number of carbonyl (C=O) groups excluding carboxylic acids is 2. The van der Waals surface area contributed by atoms with E-state index in [0.717, 1.165) is 11.3 Å². The van der Waals surface area contributed by atoms with Crippen molar-refractivity contribution in [1.82, 2.24) is 0 Å². The Morgan fingerprint density at radius 2 is 1.38 bits per heavy atom. The summed E-state index contributed by atoms with van der Waals surface area (Å²) in [5.74, 6) is -0.701. The van der Waals surface area contributed by atoms with Crippen LogP contribution in [0.5, 0.6) is 0 Å². The van der Waals surface area contributed by atoms with E-state index in [1.807, 2.05) is 54.6 Å². The summed E-state index contributed by atoms with van der Waals surface area (Å²) in [6.45, 7) is 6.38. The first kappa shape index (κ1) is 21.8. The number of hydrogen-bond acceptors (Lipinski definition) is 3. The molecule has 0 saturated heterocycles. The van der Waals surface area contributed by atoms with Crippen LogP contribution >= 0.6 is 11.6 Å². The Labute approximate surface area is 193 Å². The zero-order valence-corrected chi connectivity index (χ0v) is 19.4. The first-order valence-corrected chi connectivity index (χ1v) is 10.8. The van der Waals surface area contributed by atoms with Crippen LogP contribution in [0.1, 0.15) is 31.9 Å². The van der Waals surface area contributed by atoms with Crippen LogP contribution in [0, 0.1) is 0 Å². The van der Waals surface area contributed by atoms with Gasteiger partial charge in [-0.3, -0.25) is 9.59 Å². The van der Waals surface area contributed by atoms with Crippen molar-refractivity contribution in [1.29, 1.82) is 0 Å². The number of para-hydroxylation sites is 1. The molecule has 32 heavy (non-hydrogen) atoms. The molecule has 0 radical (unpaired) electrons. The Kier molecular flexibility index (Phi) is 5.66. The van der Waals surface area contributed by atoms with E-state index in [4.69, 9.17) is 11.6 Å². The Morgan fingerprint density at radius 3 is 1.94 bits per heavy atom. The molecule has 0 unspecified atom stereocenters. The maximum absolute atomic E-state index is 13.6. The number of hydrogen-bond donors (Lipinski definition) is 0. The second kappa shape index (κ2) is 8.29. The number of anilines is 2. The SMILES string of the molecule is CN(C1=C(c2ccc(Cl)cc2)C(=O)N(c2ccc(C(C)(C)C)cc2)C1=O)c1ccccc1. The molecule has 1 heterocycles. The molecule has 5 heteroatoms. The third kappa shape index (κ3) is 3.94. The van der Waals surface area contributed by atoms with E-state index in [1.54, 1.807) is 36.2 Å². The lowest BCUT2D eigenvalue weighted by Crippen LogP contribution is -2.34. The summed E-state index contributed by atoms with van der Waals surface area (Å²) in [4.78, 5) is 30.3. The predicted molar refractivity (Wildman–Crippen MR) is 131 cm³/mol. The smallest absolute Gasteiger partial charge is 0.282 e. The van der Waals surface area contributed by atoms with Crippen molar-refractivity contribution in [3.8, 4) is 0 Å². The lowest BCUT2D eigenvalue weighted by molar-refractivity contribution is -0.120.